The lowest BCUT2D eigenvalue weighted by Crippen LogP contribution is -2.31. The highest BCUT2D eigenvalue weighted by atomic mass is 16.6. The molecule has 0 bridgehead atoms. The van der Waals surface area contributed by atoms with Crippen molar-refractivity contribution in [2.75, 3.05) is 12.4 Å². The third-order valence-corrected chi connectivity index (χ3v) is 3.87. The highest BCUT2D eigenvalue weighted by Crippen LogP contribution is 2.29. The predicted octanol–water partition coefficient (Wildman–Crippen LogP) is 4.23. The Labute approximate surface area is 148 Å². The fourth-order valence-corrected chi connectivity index (χ4v) is 2.54. The number of nitrogens with one attached hydrogen (secondary N) is 2. The van der Waals surface area contributed by atoms with Crippen molar-refractivity contribution in [2.24, 2.45) is 0 Å². The molecule has 1 heterocycles. The van der Waals surface area contributed by atoms with Crippen LogP contribution in [-0.2, 0) is 0 Å². The molecule has 2 amide bonds. The van der Waals surface area contributed by atoms with E-state index in [1.54, 1.807) is 6.92 Å². The number of para-hydroxylation sites is 1. The van der Waals surface area contributed by atoms with Crippen LogP contribution in [0.5, 0.6) is 5.75 Å². The minimum Gasteiger partial charge on any atom is -0.496 e. The Morgan fingerprint density at radius 3 is 2.69 bits per heavy atom. The van der Waals surface area contributed by atoms with E-state index >= 15 is 0 Å². The highest BCUT2D eigenvalue weighted by Gasteiger charge is 2.19. The number of rotatable bonds is 5. The van der Waals surface area contributed by atoms with Gasteiger partial charge in [-0.15, -0.1) is 0 Å². The van der Waals surface area contributed by atoms with Gasteiger partial charge in [-0.1, -0.05) is 18.2 Å². The number of benzene rings is 2. The maximum Gasteiger partial charge on any atom is 0.320 e. The largest absolute Gasteiger partial charge is 0.496 e. The predicted molar refractivity (Wildman–Crippen MR) is 96.4 cm³/mol. The Hall–Kier alpha value is -3.55. The maximum atomic E-state index is 12.2. The molecule has 0 fully saturated rings. The van der Waals surface area contributed by atoms with Crippen molar-refractivity contribution in [1.29, 1.82) is 0 Å². The van der Waals surface area contributed by atoms with Crippen molar-refractivity contribution in [1.82, 2.24) is 5.32 Å². The molecule has 1 atom stereocenters. The second kappa shape index (κ2) is 7.14. The summed E-state index contributed by atoms with van der Waals surface area (Å²) in [7, 11) is 1.41. The van der Waals surface area contributed by atoms with Gasteiger partial charge < -0.3 is 19.8 Å². The van der Waals surface area contributed by atoms with E-state index in [4.69, 9.17) is 9.15 Å². The molecule has 1 aromatic heterocycles. The molecule has 3 aromatic rings. The zero-order valence-electron chi connectivity index (χ0n) is 14.2. The van der Waals surface area contributed by atoms with E-state index in [1.807, 2.05) is 30.3 Å². The lowest BCUT2D eigenvalue weighted by atomic mass is 10.2. The van der Waals surface area contributed by atoms with Crippen molar-refractivity contribution in [3.63, 3.8) is 0 Å². The molecule has 0 spiro atoms. The molecule has 0 unspecified atom stereocenters. The first-order chi connectivity index (χ1) is 12.5. The van der Waals surface area contributed by atoms with E-state index in [0.717, 1.165) is 11.0 Å². The summed E-state index contributed by atoms with van der Waals surface area (Å²) in [5, 5.41) is 17.3. The smallest absolute Gasteiger partial charge is 0.320 e. The van der Waals surface area contributed by atoms with Crippen LogP contribution in [0.3, 0.4) is 0 Å². The van der Waals surface area contributed by atoms with Gasteiger partial charge in [-0.3, -0.25) is 10.1 Å². The van der Waals surface area contributed by atoms with Crippen LogP contribution in [0.2, 0.25) is 0 Å². The molecule has 8 heteroatoms. The van der Waals surface area contributed by atoms with Crippen molar-refractivity contribution in [2.45, 2.75) is 13.0 Å². The molecule has 0 aliphatic heterocycles. The Morgan fingerprint density at radius 2 is 2.00 bits per heavy atom. The van der Waals surface area contributed by atoms with Gasteiger partial charge in [-0.2, -0.15) is 0 Å². The lowest BCUT2D eigenvalue weighted by molar-refractivity contribution is -0.384. The summed E-state index contributed by atoms with van der Waals surface area (Å²) in [6.07, 6.45) is 0. The number of hydrogen-bond acceptors (Lipinski definition) is 5. The van der Waals surface area contributed by atoms with Gasteiger partial charge in [0.05, 0.1) is 24.1 Å². The van der Waals surface area contributed by atoms with E-state index in [9.17, 15) is 14.9 Å². The van der Waals surface area contributed by atoms with Crippen molar-refractivity contribution in [3.05, 3.63) is 64.4 Å². The van der Waals surface area contributed by atoms with Crippen LogP contribution in [0.25, 0.3) is 11.0 Å². The summed E-state index contributed by atoms with van der Waals surface area (Å²) in [4.78, 5) is 22.8. The number of urea groups is 1. The van der Waals surface area contributed by atoms with Crippen LogP contribution in [0.15, 0.2) is 52.9 Å². The van der Waals surface area contributed by atoms with E-state index in [0.29, 0.717) is 11.5 Å². The van der Waals surface area contributed by atoms with Crippen molar-refractivity contribution < 1.29 is 18.9 Å². The third-order valence-electron chi connectivity index (χ3n) is 3.87. The quantitative estimate of drug-likeness (QED) is 0.526. The topological polar surface area (TPSA) is 107 Å². The second-order valence-corrected chi connectivity index (χ2v) is 5.65. The minimum absolute atomic E-state index is 0.0742. The number of ether oxygens (including phenoxy) is 1. The van der Waals surface area contributed by atoms with Gasteiger partial charge >= 0.3 is 6.03 Å². The second-order valence-electron chi connectivity index (χ2n) is 5.65. The number of carbonyl (C=O) groups excluding carboxylic acids is 1. The van der Waals surface area contributed by atoms with Gasteiger partial charge in [0, 0.05) is 5.39 Å². The van der Waals surface area contributed by atoms with Crippen LogP contribution >= 0.6 is 0 Å². The molecule has 3 rings (SSSR count). The number of nitrogens with zero attached hydrogens (tertiary/aromatic N) is 1. The molecule has 0 aliphatic rings. The van der Waals surface area contributed by atoms with Gasteiger partial charge in [0.2, 0.25) is 0 Å². The molecule has 8 nitrogen and oxygen atoms in total. The summed E-state index contributed by atoms with van der Waals surface area (Å²) in [5.41, 5.74) is 0.545. The monoisotopic (exact) mass is 355 g/mol. The summed E-state index contributed by atoms with van der Waals surface area (Å²) in [5.74, 6) is 0.920. The van der Waals surface area contributed by atoms with E-state index < -0.39 is 17.0 Å². The highest BCUT2D eigenvalue weighted by molar-refractivity contribution is 5.92. The van der Waals surface area contributed by atoms with Crippen LogP contribution < -0.4 is 15.4 Å². The Kier molecular flexibility index (Phi) is 4.74. The fraction of sp³-hybridized carbons (Fsp3) is 0.167. The molecule has 26 heavy (non-hydrogen) atoms. The molecule has 134 valence electrons. The Balaban J connectivity index is 1.73. The SMILES string of the molecule is COc1ccc(NC(=O)N[C@H](C)c2cc3ccccc3o2)c([N+](=O)[O-])c1. The lowest BCUT2D eigenvalue weighted by Gasteiger charge is -2.13. The average molecular weight is 355 g/mol. The summed E-state index contributed by atoms with van der Waals surface area (Å²) >= 11 is 0. The number of nitro benzene ring substituents is 1. The first-order valence-electron chi connectivity index (χ1n) is 7.86. The fourth-order valence-electron chi connectivity index (χ4n) is 2.54. The number of amides is 2. The summed E-state index contributed by atoms with van der Waals surface area (Å²) in [6.45, 7) is 1.76. The van der Waals surface area contributed by atoms with Gasteiger partial charge in [-0.05, 0) is 31.2 Å². The third kappa shape index (κ3) is 3.59. The van der Waals surface area contributed by atoms with Crippen LogP contribution in [0.4, 0.5) is 16.2 Å². The molecule has 2 N–H and O–H groups in total. The van der Waals surface area contributed by atoms with Gasteiger partial charge in [0.15, 0.2) is 0 Å². The van der Waals surface area contributed by atoms with E-state index in [2.05, 4.69) is 10.6 Å². The number of methoxy groups -OCH3 is 1. The zero-order chi connectivity index (χ0) is 18.7. The number of furan rings is 1. The summed E-state index contributed by atoms with van der Waals surface area (Å²) < 4.78 is 10.7. The first-order valence-corrected chi connectivity index (χ1v) is 7.86. The zero-order valence-corrected chi connectivity index (χ0v) is 14.2. The molecule has 0 saturated heterocycles. The molecular weight excluding hydrogens is 338 g/mol. The van der Waals surface area contributed by atoms with Crippen LogP contribution in [-0.4, -0.2) is 18.1 Å². The molecular formula is C18H17N3O5. The number of hydrogen-bond donors (Lipinski definition) is 2. The number of fused-ring (bicyclic) bond motifs is 1. The Bertz CT molecular complexity index is 933. The van der Waals surface area contributed by atoms with Gasteiger partial charge in [0.1, 0.15) is 22.8 Å². The molecule has 2 aromatic carbocycles. The Morgan fingerprint density at radius 1 is 1.23 bits per heavy atom. The maximum absolute atomic E-state index is 12.2. The number of anilines is 1. The normalized spacial score (nSPS) is 11.8. The standard InChI is InChI=1S/C18H17N3O5/c1-11(17-9-12-5-3-4-6-16(12)26-17)19-18(22)20-14-8-7-13(25-2)10-15(14)21(23)24/h3-11H,1-2H3,(H2,19,20,22)/t11-/m1/s1. The van der Waals surface area contributed by atoms with E-state index in [1.165, 1.54) is 25.3 Å². The van der Waals surface area contributed by atoms with Crippen LogP contribution in [0, 0.1) is 10.1 Å². The first kappa shape index (κ1) is 17.3. The molecule has 0 radical (unpaired) electrons. The number of nitro groups is 1. The average Bonchev–Trinajstić information content (AvgIpc) is 3.06. The van der Waals surface area contributed by atoms with Gasteiger partial charge in [-0.25, -0.2) is 4.79 Å². The number of carbonyl (C=O) groups is 1. The molecule has 0 saturated carbocycles. The summed E-state index contributed by atoms with van der Waals surface area (Å²) in [6, 6.07) is 12.6. The molecule has 0 aliphatic carbocycles. The van der Waals surface area contributed by atoms with E-state index in [-0.39, 0.29) is 11.4 Å². The van der Waals surface area contributed by atoms with Crippen molar-refractivity contribution in [3.8, 4) is 5.75 Å². The van der Waals surface area contributed by atoms with Gasteiger partial charge in [0.25, 0.3) is 5.69 Å². The van der Waals surface area contributed by atoms with Crippen molar-refractivity contribution >= 4 is 28.4 Å². The minimum atomic E-state index is -0.583. The van der Waals surface area contributed by atoms with Crippen LogP contribution in [0.1, 0.15) is 18.7 Å².